The topological polar surface area (TPSA) is 105 Å². The molecule has 1 heterocycles. The van der Waals surface area contributed by atoms with Gasteiger partial charge in [-0.05, 0) is 32.0 Å². The lowest BCUT2D eigenvalue weighted by atomic mass is 10.1. The van der Waals surface area contributed by atoms with Gasteiger partial charge in [0, 0.05) is 18.3 Å². The Kier molecular flexibility index (Phi) is 5.18. The van der Waals surface area contributed by atoms with Crippen molar-refractivity contribution < 1.29 is 23.9 Å². The number of imide groups is 1. The Morgan fingerprint density at radius 1 is 1.17 bits per heavy atom. The number of carbonyl (C=O) groups is 4. The van der Waals surface area contributed by atoms with Crippen LogP contribution in [-0.2, 0) is 9.53 Å². The molecule has 24 heavy (non-hydrogen) atoms. The van der Waals surface area contributed by atoms with Gasteiger partial charge in [-0.15, -0.1) is 0 Å². The third-order valence-electron chi connectivity index (χ3n) is 3.53. The summed E-state index contributed by atoms with van der Waals surface area (Å²) in [6.45, 7) is 3.65. The summed E-state index contributed by atoms with van der Waals surface area (Å²) in [4.78, 5) is 48.4. The molecule has 128 valence electrons. The highest BCUT2D eigenvalue weighted by atomic mass is 16.5. The molecule has 0 saturated carbocycles. The number of benzene rings is 1. The van der Waals surface area contributed by atoms with Crippen molar-refractivity contribution in [1.82, 2.24) is 10.2 Å². The van der Waals surface area contributed by atoms with E-state index in [1.807, 2.05) is 0 Å². The third-order valence-corrected chi connectivity index (χ3v) is 3.53. The van der Waals surface area contributed by atoms with Crippen LogP contribution >= 0.6 is 0 Å². The molecule has 0 unspecified atom stereocenters. The minimum Gasteiger partial charge on any atom is -0.469 e. The van der Waals surface area contributed by atoms with E-state index in [0.717, 1.165) is 0 Å². The fourth-order valence-corrected chi connectivity index (χ4v) is 2.36. The molecule has 2 rings (SSSR count). The number of nitrogens with one attached hydrogen (secondary N) is 2. The molecule has 8 nitrogen and oxygen atoms in total. The molecule has 0 atom stereocenters. The van der Waals surface area contributed by atoms with Crippen molar-refractivity contribution in [3.63, 3.8) is 0 Å². The average Bonchev–Trinajstić information content (AvgIpc) is 2.78. The number of methoxy groups -OCH3 is 1. The van der Waals surface area contributed by atoms with Gasteiger partial charge >= 0.3 is 12.0 Å². The number of hydrogen-bond donors (Lipinski definition) is 2. The Morgan fingerprint density at radius 2 is 1.83 bits per heavy atom. The Labute approximate surface area is 139 Å². The minimum atomic E-state index is -0.517. The van der Waals surface area contributed by atoms with Gasteiger partial charge in [-0.2, -0.15) is 0 Å². The number of ether oxygens (including phenoxy) is 1. The molecule has 0 radical (unpaired) electrons. The summed E-state index contributed by atoms with van der Waals surface area (Å²) in [5, 5.41) is 5.06. The molecular weight excluding hydrogens is 314 g/mol. The Hall–Kier alpha value is -2.90. The van der Waals surface area contributed by atoms with E-state index in [1.165, 1.54) is 24.1 Å². The second-order valence-corrected chi connectivity index (χ2v) is 5.54. The van der Waals surface area contributed by atoms with E-state index >= 15 is 0 Å². The van der Waals surface area contributed by atoms with Crippen LogP contribution in [0.2, 0.25) is 0 Å². The molecule has 1 aromatic rings. The number of amides is 4. The first kappa shape index (κ1) is 17.5. The van der Waals surface area contributed by atoms with Gasteiger partial charge in [-0.25, -0.2) is 4.79 Å². The highest BCUT2D eigenvalue weighted by Gasteiger charge is 2.37. The van der Waals surface area contributed by atoms with Gasteiger partial charge in [0.2, 0.25) is 0 Å². The average molecular weight is 333 g/mol. The first-order valence-corrected chi connectivity index (χ1v) is 7.48. The molecule has 0 fully saturated rings. The summed E-state index contributed by atoms with van der Waals surface area (Å²) in [7, 11) is 1.27. The fourth-order valence-electron chi connectivity index (χ4n) is 2.36. The van der Waals surface area contributed by atoms with Gasteiger partial charge in [0.05, 0.1) is 24.7 Å². The molecule has 0 aliphatic carbocycles. The van der Waals surface area contributed by atoms with E-state index in [2.05, 4.69) is 15.4 Å². The lowest BCUT2D eigenvalue weighted by Crippen LogP contribution is -2.35. The summed E-state index contributed by atoms with van der Waals surface area (Å²) in [6, 6.07) is 3.78. The van der Waals surface area contributed by atoms with Crippen LogP contribution < -0.4 is 10.6 Å². The van der Waals surface area contributed by atoms with E-state index in [-0.39, 0.29) is 36.4 Å². The molecule has 0 spiro atoms. The summed E-state index contributed by atoms with van der Waals surface area (Å²) >= 11 is 0. The number of esters is 1. The normalized spacial score (nSPS) is 13.1. The second kappa shape index (κ2) is 7.12. The largest absolute Gasteiger partial charge is 0.469 e. The number of carbonyl (C=O) groups excluding carboxylic acids is 4. The lowest BCUT2D eigenvalue weighted by molar-refractivity contribution is -0.140. The molecule has 2 N–H and O–H groups in total. The van der Waals surface area contributed by atoms with Crippen LogP contribution in [0.15, 0.2) is 18.2 Å². The van der Waals surface area contributed by atoms with Crippen LogP contribution in [0.4, 0.5) is 10.5 Å². The van der Waals surface area contributed by atoms with Gasteiger partial charge in [-0.3, -0.25) is 19.3 Å². The molecule has 4 amide bonds. The maximum atomic E-state index is 12.3. The summed E-state index contributed by atoms with van der Waals surface area (Å²) in [6.07, 6.45) is 0.0600. The van der Waals surface area contributed by atoms with Gasteiger partial charge in [0.1, 0.15) is 0 Å². The van der Waals surface area contributed by atoms with Crippen molar-refractivity contribution in [3.8, 4) is 0 Å². The maximum Gasteiger partial charge on any atom is 0.319 e. The van der Waals surface area contributed by atoms with Crippen molar-refractivity contribution >= 4 is 29.5 Å². The standard InChI is InChI=1S/C16H19N3O5/c1-9(2)19-14(21)11-5-4-10(8-12(11)15(19)22)18-16(23)17-7-6-13(20)24-3/h4-5,8-9H,6-7H2,1-3H3,(H2,17,18,23). The van der Waals surface area contributed by atoms with E-state index in [0.29, 0.717) is 11.3 Å². The predicted octanol–water partition coefficient (Wildman–Crippen LogP) is 1.38. The lowest BCUT2D eigenvalue weighted by Gasteiger charge is -2.17. The molecule has 8 heteroatoms. The van der Waals surface area contributed by atoms with Crippen molar-refractivity contribution in [3.05, 3.63) is 29.3 Å². The van der Waals surface area contributed by atoms with Crippen LogP contribution in [0.5, 0.6) is 0 Å². The van der Waals surface area contributed by atoms with Crippen LogP contribution in [-0.4, -0.2) is 48.4 Å². The van der Waals surface area contributed by atoms with E-state index in [4.69, 9.17) is 0 Å². The first-order valence-electron chi connectivity index (χ1n) is 7.48. The van der Waals surface area contributed by atoms with Crippen LogP contribution in [0.25, 0.3) is 0 Å². The van der Waals surface area contributed by atoms with Gasteiger partial charge < -0.3 is 15.4 Å². The Morgan fingerprint density at radius 3 is 2.46 bits per heavy atom. The van der Waals surface area contributed by atoms with Crippen molar-refractivity contribution in [2.45, 2.75) is 26.3 Å². The SMILES string of the molecule is COC(=O)CCNC(=O)Nc1ccc2c(c1)C(=O)N(C(C)C)C2=O. The van der Waals surface area contributed by atoms with E-state index in [1.54, 1.807) is 19.9 Å². The summed E-state index contributed by atoms with van der Waals surface area (Å²) in [5.74, 6) is -1.13. The molecule has 1 aliphatic heterocycles. The van der Waals surface area contributed by atoms with Crippen LogP contribution in [0.3, 0.4) is 0 Å². The van der Waals surface area contributed by atoms with E-state index in [9.17, 15) is 19.2 Å². The highest BCUT2D eigenvalue weighted by molar-refractivity contribution is 6.22. The molecule has 1 aliphatic rings. The molecular formula is C16H19N3O5. The van der Waals surface area contributed by atoms with Crippen LogP contribution in [0.1, 0.15) is 41.0 Å². The summed E-state index contributed by atoms with van der Waals surface area (Å²) < 4.78 is 4.47. The van der Waals surface area contributed by atoms with Crippen molar-refractivity contribution in [1.29, 1.82) is 0 Å². The predicted molar refractivity (Wildman–Crippen MR) is 85.7 cm³/mol. The fraction of sp³-hybridized carbons (Fsp3) is 0.375. The minimum absolute atomic E-state index is 0.0600. The smallest absolute Gasteiger partial charge is 0.319 e. The number of urea groups is 1. The zero-order valence-electron chi connectivity index (χ0n) is 13.7. The maximum absolute atomic E-state index is 12.3. The third kappa shape index (κ3) is 3.53. The van der Waals surface area contributed by atoms with Crippen molar-refractivity contribution in [2.75, 3.05) is 19.0 Å². The molecule has 1 aromatic carbocycles. The number of anilines is 1. The van der Waals surface area contributed by atoms with Gasteiger partial charge in [0.25, 0.3) is 11.8 Å². The monoisotopic (exact) mass is 333 g/mol. The zero-order valence-corrected chi connectivity index (χ0v) is 13.7. The van der Waals surface area contributed by atoms with Gasteiger partial charge in [0.15, 0.2) is 0 Å². The number of nitrogens with zero attached hydrogens (tertiary/aromatic N) is 1. The number of rotatable bonds is 5. The quantitative estimate of drug-likeness (QED) is 0.625. The number of hydrogen-bond acceptors (Lipinski definition) is 5. The second-order valence-electron chi connectivity index (χ2n) is 5.54. The van der Waals surface area contributed by atoms with Gasteiger partial charge in [-0.1, -0.05) is 0 Å². The molecule has 0 aromatic heterocycles. The molecule has 0 saturated heterocycles. The first-order chi connectivity index (χ1) is 11.3. The van der Waals surface area contributed by atoms with Crippen LogP contribution in [0, 0.1) is 0 Å². The Balaban J connectivity index is 2.03. The highest BCUT2D eigenvalue weighted by Crippen LogP contribution is 2.27. The number of fused-ring (bicyclic) bond motifs is 1. The van der Waals surface area contributed by atoms with Crippen molar-refractivity contribution in [2.24, 2.45) is 0 Å². The summed E-state index contributed by atoms with van der Waals surface area (Å²) in [5.41, 5.74) is 0.975. The molecule has 0 bridgehead atoms. The Bertz CT molecular complexity index is 699. The van der Waals surface area contributed by atoms with E-state index < -0.39 is 12.0 Å². The zero-order chi connectivity index (χ0) is 17.9.